The van der Waals surface area contributed by atoms with Gasteiger partial charge < -0.3 is 10.0 Å². The fourth-order valence-electron chi connectivity index (χ4n) is 2.49. The van der Waals surface area contributed by atoms with Gasteiger partial charge in [-0.15, -0.1) is 0 Å². The normalized spacial score (nSPS) is 13.5. The van der Waals surface area contributed by atoms with Crippen LogP contribution in [-0.4, -0.2) is 37.0 Å². The summed E-state index contributed by atoms with van der Waals surface area (Å²) >= 11 is 0. The molecule has 0 aliphatic heterocycles. The first-order chi connectivity index (χ1) is 9.39. The summed E-state index contributed by atoms with van der Waals surface area (Å²) in [4.78, 5) is 6.40. The van der Waals surface area contributed by atoms with Gasteiger partial charge in [-0.05, 0) is 23.0 Å². The SMILES string of the molecule is CN=C(c1cc(C(C)(C)C)c(O)c(C(C)(C)C)c1)N(C)C. The molecule has 0 aliphatic carbocycles. The van der Waals surface area contributed by atoms with Crippen LogP contribution < -0.4 is 0 Å². The van der Waals surface area contributed by atoms with Crippen LogP contribution in [0.15, 0.2) is 17.1 Å². The lowest BCUT2D eigenvalue weighted by Gasteiger charge is -2.29. The average molecular weight is 290 g/mol. The summed E-state index contributed by atoms with van der Waals surface area (Å²) in [6, 6.07) is 4.12. The lowest BCUT2D eigenvalue weighted by molar-refractivity contribution is 0.423. The summed E-state index contributed by atoms with van der Waals surface area (Å²) in [5, 5.41) is 10.7. The van der Waals surface area contributed by atoms with E-state index < -0.39 is 0 Å². The van der Waals surface area contributed by atoms with E-state index in [4.69, 9.17) is 0 Å². The van der Waals surface area contributed by atoms with Gasteiger partial charge in [0.15, 0.2) is 0 Å². The first-order valence-electron chi connectivity index (χ1n) is 7.42. The van der Waals surface area contributed by atoms with E-state index in [0.717, 1.165) is 22.5 Å². The second-order valence-corrected chi connectivity index (χ2v) is 7.86. The maximum absolute atomic E-state index is 10.7. The van der Waals surface area contributed by atoms with Crippen molar-refractivity contribution >= 4 is 5.84 Å². The molecule has 0 fully saturated rings. The van der Waals surface area contributed by atoms with Gasteiger partial charge in [-0.25, -0.2) is 0 Å². The van der Waals surface area contributed by atoms with Gasteiger partial charge in [-0.3, -0.25) is 4.99 Å². The second kappa shape index (κ2) is 5.70. The zero-order valence-electron chi connectivity index (χ0n) is 15.0. The van der Waals surface area contributed by atoms with E-state index in [-0.39, 0.29) is 10.8 Å². The van der Waals surface area contributed by atoms with Crippen molar-refractivity contribution in [1.82, 2.24) is 4.90 Å². The van der Waals surface area contributed by atoms with Crippen LogP contribution in [-0.2, 0) is 10.8 Å². The monoisotopic (exact) mass is 290 g/mol. The molecule has 0 aliphatic rings. The number of aromatic hydroxyl groups is 1. The van der Waals surface area contributed by atoms with E-state index in [2.05, 4.69) is 58.7 Å². The predicted octanol–water partition coefficient (Wildman–Crippen LogP) is 3.93. The van der Waals surface area contributed by atoms with Crippen LogP contribution in [0.4, 0.5) is 0 Å². The molecular weight excluding hydrogens is 260 g/mol. The summed E-state index contributed by atoms with van der Waals surface area (Å²) in [7, 11) is 5.78. The maximum Gasteiger partial charge on any atom is 0.130 e. The minimum absolute atomic E-state index is 0.120. The Hall–Kier alpha value is -1.51. The highest BCUT2D eigenvalue weighted by Crippen LogP contribution is 2.39. The average Bonchev–Trinajstić information content (AvgIpc) is 2.28. The molecule has 0 spiro atoms. The number of amidine groups is 1. The second-order valence-electron chi connectivity index (χ2n) is 7.86. The summed E-state index contributed by atoms with van der Waals surface area (Å²) < 4.78 is 0. The summed E-state index contributed by atoms with van der Waals surface area (Å²) in [5.41, 5.74) is 2.74. The fraction of sp³-hybridized carbons (Fsp3) is 0.611. The van der Waals surface area contributed by atoms with Gasteiger partial charge in [0.05, 0.1) is 0 Å². The molecule has 1 aromatic rings. The van der Waals surface area contributed by atoms with Gasteiger partial charge in [0.1, 0.15) is 11.6 Å². The molecule has 0 heterocycles. The highest BCUT2D eigenvalue weighted by molar-refractivity contribution is 5.99. The lowest BCUT2D eigenvalue weighted by atomic mass is 9.78. The van der Waals surface area contributed by atoms with Crippen molar-refractivity contribution in [3.8, 4) is 5.75 Å². The molecule has 0 unspecified atom stereocenters. The third kappa shape index (κ3) is 3.78. The largest absolute Gasteiger partial charge is 0.507 e. The Bertz CT molecular complexity index is 508. The lowest BCUT2D eigenvalue weighted by Crippen LogP contribution is -2.25. The fourth-order valence-corrected chi connectivity index (χ4v) is 2.49. The van der Waals surface area contributed by atoms with E-state index in [1.807, 2.05) is 19.0 Å². The molecule has 0 aromatic heterocycles. The van der Waals surface area contributed by atoms with Crippen molar-refractivity contribution in [2.45, 2.75) is 52.4 Å². The molecule has 1 N–H and O–H groups in total. The standard InChI is InChI=1S/C18H30N2O/c1-17(2,3)13-10-12(16(19-7)20(8)9)11-14(15(13)21)18(4,5)6/h10-11,21H,1-9H3. The van der Waals surface area contributed by atoms with Crippen LogP contribution in [0.25, 0.3) is 0 Å². The first kappa shape index (κ1) is 17.5. The Morgan fingerprint density at radius 2 is 1.33 bits per heavy atom. The molecule has 0 atom stereocenters. The zero-order chi connectivity index (χ0) is 16.6. The molecular formula is C18H30N2O. The summed E-state index contributed by atoms with van der Waals surface area (Å²) in [5.74, 6) is 1.33. The van der Waals surface area contributed by atoms with E-state index >= 15 is 0 Å². The molecule has 0 saturated heterocycles. The minimum atomic E-state index is -0.120. The van der Waals surface area contributed by atoms with Gasteiger partial charge in [0.25, 0.3) is 0 Å². The van der Waals surface area contributed by atoms with Crippen molar-refractivity contribution < 1.29 is 5.11 Å². The Labute approximate surface area is 129 Å². The molecule has 3 nitrogen and oxygen atoms in total. The van der Waals surface area contributed by atoms with E-state index in [1.165, 1.54) is 0 Å². The molecule has 0 bridgehead atoms. The number of benzene rings is 1. The van der Waals surface area contributed by atoms with Gasteiger partial charge in [-0.2, -0.15) is 0 Å². The van der Waals surface area contributed by atoms with Crippen molar-refractivity contribution in [1.29, 1.82) is 0 Å². The Morgan fingerprint density at radius 3 is 1.57 bits per heavy atom. The van der Waals surface area contributed by atoms with E-state index in [9.17, 15) is 5.11 Å². The number of phenols is 1. The molecule has 0 amide bonds. The highest BCUT2D eigenvalue weighted by Gasteiger charge is 2.27. The van der Waals surface area contributed by atoms with E-state index in [1.54, 1.807) is 7.05 Å². The van der Waals surface area contributed by atoms with Crippen molar-refractivity contribution in [3.63, 3.8) is 0 Å². The number of nitrogens with zero attached hydrogens (tertiary/aromatic N) is 2. The van der Waals surface area contributed by atoms with E-state index in [0.29, 0.717) is 5.75 Å². The van der Waals surface area contributed by atoms with Gasteiger partial charge in [-0.1, -0.05) is 41.5 Å². The van der Waals surface area contributed by atoms with Crippen LogP contribution in [0.1, 0.15) is 58.2 Å². The van der Waals surface area contributed by atoms with Crippen LogP contribution in [0.2, 0.25) is 0 Å². The number of hydrogen-bond donors (Lipinski definition) is 1. The van der Waals surface area contributed by atoms with Crippen molar-refractivity contribution in [2.24, 2.45) is 4.99 Å². The smallest absolute Gasteiger partial charge is 0.130 e. The van der Waals surface area contributed by atoms with Crippen molar-refractivity contribution in [2.75, 3.05) is 21.1 Å². The molecule has 1 aromatic carbocycles. The van der Waals surface area contributed by atoms with Gasteiger partial charge in [0.2, 0.25) is 0 Å². The molecule has 21 heavy (non-hydrogen) atoms. The quantitative estimate of drug-likeness (QED) is 0.628. The first-order valence-corrected chi connectivity index (χ1v) is 7.42. The minimum Gasteiger partial charge on any atom is -0.507 e. The maximum atomic E-state index is 10.7. The third-order valence-electron chi connectivity index (χ3n) is 3.62. The van der Waals surface area contributed by atoms with Gasteiger partial charge >= 0.3 is 0 Å². The molecule has 118 valence electrons. The zero-order valence-corrected chi connectivity index (χ0v) is 15.0. The predicted molar refractivity (Wildman–Crippen MR) is 91.7 cm³/mol. The highest BCUT2D eigenvalue weighted by atomic mass is 16.3. The Balaban J connectivity index is 3.71. The van der Waals surface area contributed by atoms with Crippen LogP contribution in [0.5, 0.6) is 5.75 Å². The Kier molecular flexibility index (Phi) is 4.76. The third-order valence-corrected chi connectivity index (χ3v) is 3.62. The van der Waals surface area contributed by atoms with Crippen LogP contribution in [0.3, 0.4) is 0 Å². The molecule has 0 saturated carbocycles. The summed E-state index contributed by atoms with van der Waals surface area (Å²) in [6.45, 7) is 12.7. The van der Waals surface area contributed by atoms with Crippen LogP contribution >= 0.6 is 0 Å². The number of phenolic OH excluding ortho intramolecular Hbond substituents is 1. The molecule has 0 radical (unpaired) electrons. The van der Waals surface area contributed by atoms with Gasteiger partial charge in [0, 0.05) is 37.8 Å². The van der Waals surface area contributed by atoms with Crippen molar-refractivity contribution in [3.05, 3.63) is 28.8 Å². The number of aliphatic imine (C=N–C) groups is 1. The molecule has 3 heteroatoms. The molecule has 1 rings (SSSR count). The van der Waals surface area contributed by atoms with Crippen LogP contribution in [0, 0.1) is 0 Å². The number of hydrogen-bond acceptors (Lipinski definition) is 2. The summed E-state index contributed by atoms with van der Waals surface area (Å²) in [6.07, 6.45) is 0. The number of rotatable bonds is 1. The topological polar surface area (TPSA) is 35.8 Å². The Morgan fingerprint density at radius 1 is 0.952 bits per heavy atom.